The lowest BCUT2D eigenvalue weighted by atomic mass is 10.3. The van der Waals surface area contributed by atoms with Crippen LogP contribution in [0.1, 0.15) is 10.5 Å². The minimum absolute atomic E-state index is 0.0352. The van der Waals surface area contributed by atoms with E-state index in [0.717, 1.165) is 4.68 Å². The van der Waals surface area contributed by atoms with Crippen LogP contribution < -0.4 is 5.32 Å². The molecule has 7 nitrogen and oxygen atoms in total. The third-order valence-corrected chi connectivity index (χ3v) is 2.96. The van der Waals surface area contributed by atoms with Crippen LogP contribution in [0.4, 0.5) is 14.6 Å². The first-order valence-electron chi connectivity index (χ1n) is 6.71. The van der Waals surface area contributed by atoms with Crippen molar-refractivity contribution in [3.63, 3.8) is 0 Å². The monoisotopic (exact) mass is 318 g/mol. The molecule has 23 heavy (non-hydrogen) atoms. The molecule has 9 heteroatoms. The van der Waals surface area contributed by atoms with Gasteiger partial charge in [-0.05, 0) is 18.2 Å². The number of aromatic nitrogens is 5. The van der Waals surface area contributed by atoms with Gasteiger partial charge in [0.25, 0.3) is 12.3 Å². The Hall–Kier alpha value is -3.10. The lowest BCUT2D eigenvalue weighted by Gasteiger charge is -1.99. The molecule has 3 rings (SSSR count). The molecule has 0 saturated heterocycles. The molecule has 118 valence electrons. The highest BCUT2D eigenvalue weighted by molar-refractivity contribution is 6.02. The number of nitrogens with one attached hydrogen (secondary N) is 2. The van der Waals surface area contributed by atoms with Crippen LogP contribution in [0.25, 0.3) is 11.4 Å². The zero-order chi connectivity index (χ0) is 16.2. The van der Waals surface area contributed by atoms with Gasteiger partial charge in [0.05, 0.1) is 11.4 Å². The summed E-state index contributed by atoms with van der Waals surface area (Å²) in [4.78, 5) is 16.2. The average molecular weight is 318 g/mol. The summed E-state index contributed by atoms with van der Waals surface area (Å²) < 4.78 is 25.5. The maximum Gasteiger partial charge on any atom is 0.277 e. The van der Waals surface area contributed by atoms with Gasteiger partial charge in [0.2, 0.25) is 0 Å². The number of pyridine rings is 1. The smallest absolute Gasteiger partial charge is 0.277 e. The van der Waals surface area contributed by atoms with Crippen LogP contribution in [0.5, 0.6) is 0 Å². The number of carbonyl (C=O) groups excluding carboxylic acids is 1. The summed E-state index contributed by atoms with van der Waals surface area (Å²) in [6.45, 7) is -0.556. The van der Waals surface area contributed by atoms with Gasteiger partial charge in [0.15, 0.2) is 11.5 Å². The molecule has 0 saturated carbocycles. The van der Waals surface area contributed by atoms with Crippen molar-refractivity contribution < 1.29 is 13.6 Å². The maximum atomic E-state index is 12.3. The van der Waals surface area contributed by atoms with Crippen LogP contribution in [0.15, 0.2) is 42.7 Å². The van der Waals surface area contributed by atoms with E-state index in [9.17, 15) is 13.6 Å². The van der Waals surface area contributed by atoms with Crippen molar-refractivity contribution in [1.29, 1.82) is 0 Å². The molecule has 0 spiro atoms. The Morgan fingerprint density at radius 3 is 2.96 bits per heavy atom. The Kier molecular flexibility index (Phi) is 4.09. The van der Waals surface area contributed by atoms with Gasteiger partial charge in [0.1, 0.15) is 6.54 Å². The molecule has 0 unspecified atom stereocenters. The number of alkyl halides is 2. The Balaban J connectivity index is 1.69. The second-order valence-electron chi connectivity index (χ2n) is 4.65. The fourth-order valence-electron chi connectivity index (χ4n) is 1.95. The van der Waals surface area contributed by atoms with Crippen LogP contribution in [0.3, 0.4) is 0 Å². The normalized spacial score (nSPS) is 10.9. The first-order chi connectivity index (χ1) is 11.1. The van der Waals surface area contributed by atoms with Gasteiger partial charge in [-0.1, -0.05) is 6.07 Å². The maximum absolute atomic E-state index is 12.3. The molecule has 1 amide bonds. The molecule has 0 aliphatic rings. The van der Waals surface area contributed by atoms with E-state index >= 15 is 0 Å². The van der Waals surface area contributed by atoms with E-state index in [1.165, 1.54) is 12.3 Å². The predicted octanol–water partition coefficient (Wildman–Crippen LogP) is 2.19. The molecule has 0 bridgehead atoms. The molecule has 3 aromatic heterocycles. The Labute approximate surface area is 129 Å². The highest BCUT2D eigenvalue weighted by Crippen LogP contribution is 2.17. The number of aromatic amines is 1. The van der Waals surface area contributed by atoms with E-state index in [0.29, 0.717) is 17.2 Å². The zero-order valence-corrected chi connectivity index (χ0v) is 11.8. The number of nitrogens with zero attached hydrogens (tertiary/aromatic N) is 4. The zero-order valence-electron chi connectivity index (χ0n) is 11.8. The van der Waals surface area contributed by atoms with E-state index in [4.69, 9.17) is 0 Å². The third kappa shape index (κ3) is 3.57. The summed E-state index contributed by atoms with van der Waals surface area (Å²) in [5, 5.41) is 13.0. The number of H-pyrrole nitrogens is 1. The van der Waals surface area contributed by atoms with Gasteiger partial charge in [-0.3, -0.25) is 19.6 Å². The Morgan fingerprint density at radius 2 is 2.22 bits per heavy atom. The van der Waals surface area contributed by atoms with Gasteiger partial charge >= 0.3 is 0 Å². The average Bonchev–Trinajstić information content (AvgIpc) is 3.17. The molecule has 0 radical (unpaired) electrons. The van der Waals surface area contributed by atoms with Crippen LogP contribution >= 0.6 is 0 Å². The predicted molar refractivity (Wildman–Crippen MR) is 78.0 cm³/mol. The van der Waals surface area contributed by atoms with Crippen LogP contribution in [-0.2, 0) is 6.54 Å². The number of hydrogen-bond acceptors (Lipinski definition) is 4. The molecule has 3 heterocycles. The molecule has 2 N–H and O–H groups in total. The number of rotatable bonds is 5. The SMILES string of the molecule is O=C(Nc1cc(-c2ccccn2)[nH]n1)c1ccn(CC(F)F)n1. The third-order valence-electron chi connectivity index (χ3n) is 2.96. The second-order valence-corrected chi connectivity index (χ2v) is 4.65. The van der Waals surface area contributed by atoms with Crippen LogP contribution in [0, 0.1) is 0 Å². The van der Waals surface area contributed by atoms with Gasteiger partial charge < -0.3 is 5.32 Å². The van der Waals surface area contributed by atoms with E-state index in [1.807, 2.05) is 6.07 Å². The number of anilines is 1. The quantitative estimate of drug-likeness (QED) is 0.754. The van der Waals surface area contributed by atoms with E-state index in [1.54, 1.807) is 24.4 Å². The minimum Gasteiger partial charge on any atom is -0.304 e. The fraction of sp³-hybridized carbons (Fsp3) is 0.143. The Morgan fingerprint density at radius 1 is 1.35 bits per heavy atom. The van der Waals surface area contributed by atoms with E-state index in [2.05, 4.69) is 25.6 Å². The van der Waals surface area contributed by atoms with Gasteiger partial charge in [-0.25, -0.2) is 8.78 Å². The molecule has 0 aliphatic heterocycles. The molecule has 0 fully saturated rings. The molecule has 3 aromatic rings. The first-order valence-corrected chi connectivity index (χ1v) is 6.71. The molecule has 0 aromatic carbocycles. The molecular formula is C14H12F2N6O. The second kappa shape index (κ2) is 6.34. The van der Waals surface area contributed by atoms with Crippen molar-refractivity contribution >= 4 is 11.7 Å². The highest BCUT2D eigenvalue weighted by atomic mass is 19.3. The van der Waals surface area contributed by atoms with Crippen molar-refractivity contribution in [1.82, 2.24) is 25.0 Å². The first kappa shape index (κ1) is 14.8. The summed E-state index contributed by atoms with van der Waals surface area (Å²) in [7, 11) is 0. The summed E-state index contributed by atoms with van der Waals surface area (Å²) in [5.41, 5.74) is 1.36. The van der Waals surface area contributed by atoms with Crippen molar-refractivity contribution in [2.24, 2.45) is 0 Å². The van der Waals surface area contributed by atoms with Gasteiger partial charge in [-0.15, -0.1) is 0 Å². The largest absolute Gasteiger partial charge is 0.304 e. The summed E-state index contributed by atoms with van der Waals surface area (Å²) >= 11 is 0. The lowest BCUT2D eigenvalue weighted by Crippen LogP contribution is -2.14. The molecular weight excluding hydrogens is 306 g/mol. The number of amides is 1. The topological polar surface area (TPSA) is 88.5 Å². The number of carbonyl (C=O) groups is 1. The highest BCUT2D eigenvalue weighted by Gasteiger charge is 2.13. The summed E-state index contributed by atoms with van der Waals surface area (Å²) in [5.74, 6) is -0.240. The van der Waals surface area contributed by atoms with Crippen molar-refractivity contribution in [3.8, 4) is 11.4 Å². The molecule has 0 atom stereocenters. The van der Waals surface area contributed by atoms with Crippen molar-refractivity contribution in [3.05, 3.63) is 48.4 Å². The lowest BCUT2D eigenvalue weighted by molar-refractivity contribution is 0.101. The van der Waals surface area contributed by atoms with Crippen LogP contribution in [0.2, 0.25) is 0 Å². The van der Waals surface area contributed by atoms with E-state index < -0.39 is 18.9 Å². The van der Waals surface area contributed by atoms with Crippen molar-refractivity contribution in [2.45, 2.75) is 13.0 Å². The summed E-state index contributed by atoms with van der Waals surface area (Å²) in [6.07, 6.45) is 0.438. The minimum atomic E-state index is -2.53. The van der Waals surface area contributed by atoms with Crippen molar-refractivity contribution in [2.75, 3.05) is 5.32 Å². The van der Waals surface area contributed by atoms with Crippen LogP contribution in [-0.4, -0.2) is 37.3 Å². The van der Waals surface area contributed by atoms with Gasteiger partial charge in [-0.2, -0.15) is 10.2 Å². The summed E-state index contributed by atoms with van der Waals surface area (Å²) in [6, 6.07) is 8.40. The van der Waals surface area contributed by atoms with E-state index in [-0.39, 0.29) is 5.69 Å². The molecule has 0 aliphatic carbocycles. The Bertz CT molecular complexity index is 798. The number of halogens is 2. The number of hydrogen-bond donors (Lipinski definition) is 2. The fourth-order valence-corrected chi connectivity index (χ4v) is 1.95. The van der Waals surface area contributed by atoms with Gasteiger partial charge in [0, 0.05) is 18.5 Å². The standard InChI is InChI=1S/C14H12F2N6O/c15-12(16)8-22-6-4-10(21-22)14(23)18-13-7-11(19-20-13)9-3-1-2-5-17-9/h1-7,12H,8H2,(H2,18,19,20,23).